The highest BCUT2D eigenvalue weighted by atomic mass is 32.1. The minimum Gasteiger partial charge on any atom is -0.311 e. The van der Waals surface area contributed by atoms with E-state index in [0.29, 0.717) is 5.41 Å². The molecule has 1 aromatic heterocycles. The number of hydrogen-bond acceptors (Lipinski definition) is 3. The van der Waals surface area contributed by atoms with E-state index >= 15 is 0 Å². The fraction of sp³-hybridized carbons (Fsp3) is 0.385. The summed E-state index contributed by atoms with van der Waals surface area (Å²) in [6.07, 6.45) is 11.0. The first-order valence-electron chi connectivity index (χ1n) is 21.6. The van der Waals surface area contributed by atoms with Crippen LogP contribution in [0.1, 0.15) is 107 Å². The topological polar surface area (TPSA) is 6.48 Å². The molecule has 280 valence electrons. The SMILES string of the molecule is Cc1cccc(C)c1N1c2cc3c(cc2B2c4sc5ccc([C@]67CC8CC(C[C@H](C8)C6)C7)cc5c4N(c4ccccc4)c4cccc1c42)C(C)(C)CCC3(C)C. The molecule has 4 saturated carbocycles. The summed E-state index contributed by atoms with van der Waals surface area (Å²) in [6.45, 7) is 14.7. The number of rotatable bonds is 3. The maximum Gasteiger partial charge on any atom is 0.264 e. The van der Waals surface area contributed by atoms with Gasteiger partial charge in [0, 0.05) is 37.6 Å². The van der Waals surface area contributed by atoms with E-state index in [1.165, 1.54) is 128 Å². The third kappa shape index (κ3) is 4.57. The van der Waals surface area contributed by atoms with Crippen molar-refractivity contribution in [3.05, 3.63) is 125 Å². The van der Waals surface area contributed by atoms with Crippen LogP contribution in [0.4, 0.5) is 34.1 Å². The van der Waals surface area contributed by atoms with E-state index in [1.807, 2.05) is 0 Å². The van der Waals surface area contributed by atoms with Gasteiger partial charge in [0.15, 0.2) is 0 Å². The van der Waals surface area contributed by atoms with Crippen LogP contribution in [0.3, 0.4) is 0 Å². The summed E-state index contributed by atoms with van der Waals surface area (Å²) >= 11 is 2.07. The van der Waals surface area contributed by atoms with Crippen molar-refractivity contribution in [3.8, 4) is 0 Å². The molecule has 0 N–H and O–H groups in total. The molecule has 4 heteroatoms. The molecule has 2 aliphatic heterocycles. The van der Waals surface area contributed by atoms with Gasteiger partial charge in [0.25, 0.3) is 6.71 Å². The number of fused-ring (bicyclic) bond motifs is 7. The van der Waals surface area contributed by atoms with Gasteiger partial charge >= 0.3 is 0 Å². The molecule has 0 atom stereocenters. The average molecular weight is 749 g/mol. The summed E-state index contributed by atoms with van der Waals surface area (Å²) in [5.74, 6) is 2.79. The van der Waals surface area contributed by atoms with Crippen LogP contribution in [0.5, 0.6) is 0 Å². The molecule has 0 radical (unpaired) electrons. The fourth-order valence-electron chi connectivity index (χ4n) is 13.5. The van der Waals surface area contributed by atoms with Crippen LogP contribution < -0.4 is 25.5 Å². The number of anilines is 6. The Kier molecular flexibility index (Phi) is 6.91. The average Bonchev–Trinajstić information content (AvgIpc) is 3.55. The Labute approximate surface area is 338 Å². The number of aryl methyl sites for hydroxylation is 2. The Morgan fingerprint density at radius 3 is 1.88 bits per heavy atom. The van der Waals surface area contributed by atoms with Gasteiger partial charge in [-0.05, 0) is 180 Å². The second kappa shape index (κ2) is 11.4. The molecule has 4 bridgehead atoms. The number of nitrogens with zero attached hydrogens (tertiary/aromatic N) is 2. The van der Waals surface area contributed by atoms with Crippen molar-refractivity contribution in [2.75, 3.05) is 9.80 Å². The Hall–Kier alpha value is -4.28. The third-order valence-electron chi connectivity index (χ3n) is 15.9. The zero-order valence-electron chi connectivity index (χ0n) is 34.0. The molecule has 2 nitrogen and oxygen atoms in total. The predicted octanol–water partition coefficient (Wildman–Crippen LogP) is 12.4. The Bertz CT molecular complexity index is 2570. The lowest BCUT2D eigenvalue weighted by Gasteiger charge is -2.57. The first kappa shape index (κ1) is 33.8. The van der Waals surface area contributed by atoms with Crippen molar-refractivity contribution in [2.24, 2.45) is 17.8 Å². The van der Waals surface area contributed by atoms with Gasteiger partial charge in [0.05, 0.1) is 11.4 Å². The van der Waals surface area contributed by atoms with Crippen LogP contribution in [-0.4, -0.2) is 6.71 Å². The van der Waals surface area contributed by atoms with Crippen LogP contribution in [0.15, 0.2) is 97.1 Å². The van der Waals surface area contributed by atoms with Crippen LogP contribution in [0, 0.1) is 31.6 Å². The molecule has 5 aromatic carbocycles. The minimum atomic E-state index is 0.113. The van der Waals surface area contributed by atoms with E-state index < -0.39 is 0 Å². The summed E-state index contributed by atoms with van der Waals surface area (Å²) in [5, 5.41) is 1.45. The highest BCUT2D eigenvalue weighted by molar-refractivity contribution is 7.33. The van der Waals surface area contributed by atoms with Crippen LogP contribution in [0.25, 0.3) is 10.1 Å². The lowest BCUT2D eigenvalue weighted by molar-refractivity contribution is -0.00512. The quantitative estimate of drug-likeness (QED) is 0.166. The van der Waals surface area contributed by atoms with Gasteiger partial charge in [-0.15, -0.1) is 11.3 Å². The highest BCUT2D eigenvalue weighted by Gasteiger charge is 2.52. The molecule has 0 saturated heterocycles. The molecule has 13 rings (SSSR count). The Morgan fingerprint density at radius 2 is 1.21 bits per heavy atom. The fourth-order valence-corrected chi connectivity index (χ4v) is 14.8. The zero-order valence-corrected chi connectivity index (χ0v) is 34.8. The minimum absolute atomic E-state index is 0.113. The zero-order chi connectivity index (χ0) is 37.9. The molecule has 4 fully saturated rings. The van der Waals surface area contributed by atoms with Gasteiger partial charge in [0.1, 0.15) is 0 Å². The highest BCUT2D eigenvalue weighted by Crippen LogP contribution is 2.61. The van der Waals surface area contributed by atoms with Crippen molar-refractivity contribution in [2.45, 2.75) is 109 Å². The summed E-state index contributed by atoms with van der Waals surface area (Å²) in [5.41, 5.74) is 18.8. The standard InChI is InChI=1S/C52H53BN2S/c1-31-12-10-13-32(2)47(31)55-43-17-11-16-42-46(43)53(41-26-39-40(27-44(41)55)51(5,6)21-20-50(39,3)4)49-48(54(42)37-14-8-7-9-15-37)38-25-36(18-19-45(38)56-49)52-28-33-22-34(29-52)24-35(23-33)30-52/h7-19,25-27,33-35H,20-24,28-30H2,1-6H3/t33-,34?,35?,52-. The van der Waals surface area contributed by atoms with Gasteiger partial charge in [-0.25, -0.2) is 0 Å². The molecule has 0 spiro atoms. The molecule has 56 heavy (non-hydrogen) atoms. The first-order chi connectivity index (χ1) is 27.0. The number of benzene rings is 5. The van der Waals surface area contributed by atoms with E-state index in [-0.39, 0.29) is 17.5 Å². The molecular weight excluding hydrogens is 695 g/mol. The number of hydrogen-bond donors (Lipinski definition) is 0. The number of thiophene rings is 1. The van der Waals surface area contributed by atoms with E-state index in [2.05, 4.69) is 160 Å². The van der Waals surface area contributed by atoms with Gasteiger partial charge in [-0.2, -0.15) is 0 Å². The Balaban J connectivity index is 1.17. The van der Waals surface area contributed by atoms with Crippen LogP contribution in [0.2, 0.25) is 0 Å². The van der Waals surface area contributed by atoms with E-state index in [1.54, 1.807) is 11.1 Å². The van der Waals surface area contributed by atoms with Crippen molar-refractivity contribution < 1.29 is 0 Å². The van der Waals surface area contributed by atoms with Gasteiger partial charge in [-0.3, -0.25) is 0 Å². The Morgan fingerprint density at radius 1 is 0.607 bits per heavy atom. The van der Waals surface area contributed by atoms with Crippen LogP contribution in [-0.2, 0) is 16.2 Å². The molecular formula is C52H53BN2S. The second-order valence-corrected chi connectivity index (χ2v) is 21.4. The number of para-hydroxylation sites is 2. The predicted molar refractivity (Wildman–Crippen MR) is 240 cm³/mol. The van der Waals surface area contributed by atoms with Crippen molar-refractivity contribution >= 4 is 78.0 Å². The monoisotopic (exact) mass is 748 g/mol. The van der Waals surface area contributed by atoms with Crippen LogP contribution >= 0.6 is 11.3 Å². The summed E-state index contributed by atoms with van der Waals surface area (Å²) < 4.78 is 2.93. The van der Waals surface area contributed by atoms with Gasteiger partial charge in [-0.1, -0.05) is 82.3 Å². The normalized spacial score (nSPS) is 25.9. The smallest absolute Gasteiger partial charge is 0.264 e. The van der Waals surface area contributed by atoms with E-state index in [0.717, 1.165) is 17.8 Å². The third-order valence-corrected chi connectivity index (χ3v) is 17.1. The van der Waals surface area contributed by atoms with Crippen molar-refractivity contribution in [1.29, 1.82) is 0 Å². The van der Waals surface area contributed by atoms with Gasteiger partial charge < -0.3 is 9.80 Å². The first-order valence-corrected chi connectivity index (χ1v) is 22.4. The maximum absolute atomic E-state index is 2.70. The van der Waals surface area contributed by atoms with Gasteiger partial charge in [0.2, 0.25) is 0 Å². The largest absolute Gasteiger partial charge is 0.311 e. The molecule has 0 amide bonds. The molecule has 3 heterocycles. The van der Waals surface area contributed by atoms with E-state index in [4.69, 9.17) is 0 Å². The molecule has 5 aliphatic carbocycles. The second-order valence-electron chi connectivity index (χ2n) is 20.3. The van der Waals surface area contributed by atoms with E-state index in [9.17, 15) is 0 Å². The molecule has 6 aromatic rings. The maximum atomic E-state index is 2.70. The summed E-state index contributed by atoms with van der Waals surface area (Å²) in [7, 11) is 0. The molecule has 0 unspecified atom stereocenters. The van der Waals surface area contributed by atoms with Crippen molar-refractivity contribution in [3.63, 3.8) is 0 Å². The molecule has 7 aliphatic rings. The van der Waals surface area contributed by atoms with Crippen molar-refractivity contribution in [1.82, 2.24) is 0 Å². The summed E-state index contributed by atoms with van der Waals surface area (Å²) in [6, 6.07) is 38.4. The lowest BCUT2D eigenvalue weighted by Crippen LogP contribution is -2.61. The summed E-state index contributed by atoms with van der Waals surface area (Å²) in [4.78, 5) is 5.33. The lowest BCUT2D eigenvalue weighted by atomic mass is 9.35.